The molecule has 0 spiro atoms. The molecule has 2 fully saturated rings. The zero-order chi connectivity index (χ0) is 18.5. The first kappa shape index (κ1) is 18.5. The summed E-state index contributed by atoms with van der Waals surface area (Å²) in [5, 5.41) is 3.54. The van der Waals surface area contributed by atoms with Crippen LogP contribution in [0.15, 0.2) is 18.3 Å². The first-order valence-corrected chi connectivity index (χ1v) is 9.34. The Hall–Kier alpha value is -2.31. The van der Waals surface area contributed by atoms with Crippen molar-refractivity contribution >= 4 is 23.4 Å². The van der Waals surface area contributed by atoms with E-state index in [1.54, 1.807) is 0 Å². The van der Waals surface area contributed by atoms with Gasteiger partial charge >= 0.3 is 5.97 Å². The molecule has 7 nitrogen and oxygen atoms in total. The number of cyclic esters (lactones) is 1. The Balaban J connectivity index is 1.48. The zero-order valence-corrected chi connectivity index (χ0v) is 15.6. The van der Waals surface area contributed by atoms with Crippen LogP contribution in [0.2, 0.25) is 0 Å². The number of nitrogens with zero attached hydrogens (tertiary/aromatic N) is 3. The van der Waals surface area contributed by atoms with Gasteiger partial charge in [-0.25, -0.2) is 4.98 Å². The number of anilines is 2. The second-order valence-corrected chi connectivity index (χ2v) is 7.41. The molecular weight excluding hydrogens is 332 g/mol. The summed E-state index contributed by atoms with van der Waals surface area (Å²) in [5.41, 5.74) is 1.02. The van der Waals surface area contributed by atoms with Gasteiger partial charge in [-0.3, -0.25) is 9.59 Å². The number of pyridine rings is 1. The van der Waals surface area contributed by atoms with E-state index in [9.17, 15) is 9.59 Å². The van der Waals surface area contributed by atoms with Crippen molar-refractivity contribution in [2.45, 2.75) is 38.1 Å². The third-order valence-electron chi connectivity index (χ3n) is 5.06. The highest BCUT2D eigenvalue weighted by Gasteiger charge is 2.28. The van der Waals surface area contributed by atoms with Gasteiger partial charge < -0.3 is 19.9 Å². The minimum Gasteiger partial charge on any atom is -0.465 e. The fraction of sp³-hybridized carbons (Fsp3) is 0.632. The van der Waals surface area contributed by atoms with Gasteiger partial charge in [-0.1, -0.05) is 0 Å². The van der Waals surface area contributed by atoms with E-state index < -0.39 is 0 Å². The summed E-state index contributed by atoms with van der Waals surface area (Å²) in [5.74, 6) is 0.943. The van der Waals surface area contributed by atoms with Gasteiger partial charge in [0.2, 0.25) is 5.91 Å². The van der Waals surface area contributed by atoms with E-state index in [-0.39, 0.29) is 17.8 Å². The zero-order valence-electron chi connectivity index (χ0n) is 15.6. The van der Waals surface area contributed by atoms with E-state index >= 15 is 0 Å². The van der Waals surface area contributed by atoms with E-state index in [1.165, 1.54) is 0 Å². The Morgan fingerprint density at radius 3 is 2.85 bits per heavy atom. The largest absolute Gasteiger partial charge is 0.465 e. The molecule has 1 aromatic rings. The predicted octanol–water partition coefficient (Wildman–Crippen LogP) is 1.89. The van der Waals surface area contributed by atoms with Crippen LogP contribution in [0.25, 0.3) is 0 Å². The van der Waals surface area contributed by atoms with Gasteiger partial charge in [0.25, 0.3) is 0 Å². The quantitative estimate of drug-likeness (QED) is 0.809. The molecule has 0 bridgehead atoms. The lowest BCUT2D eigenvalue weighted by molar-refractivity contribution is -0.138. The number of amides is 1. The van der Waals surface area contributed by atoms with Crippen molar-refractivity contribution in [1.29, 1.82) is 0 Å². The number of hydrogen-bond donors (Lipinski definition) is 1. The van der Waals surface area contributed by atoms with Crippen LogP contribution in [-0.4, -0.2) is 61.6 Å². The van der Waals surface area contributed by atoms with E-state index in [4.69, 9.17) is 4.74 Å². The number of aromatic nitrogens is 1. The van der Waals surface area contributed by atoms with Crippen molar-refractivity contribution in [2.24, 2.45) is 5.92 Å². The van der Waals surface area contributed by atoms with E-state index in [0.717, 1.165) is 43.9 Å². The average Bonchev–Trinajstić information content (AvgIpc) is 2.88. The van der Waals surface area contributed by atoms with Gasteiger partial charge in [0, 0.05) is 45.6 Å². The smallest absolute Gasteiger partial charge is 0.306 e. The molecule has 2 atom stereocenters. The summed E-state index contributed by atoms with van der Waals surface area (Å²) >= 11 is 0. The Morgan fingerprint density at radius 1 is 1.35 bits per heavy atom. The molecular formula is C19H28N4O3. The van der Waals surface area contributed by atoms with Crippen molar-refractivity contribution in [3.8, 4) is 0 Å². The molecule has 3 rings (SSSR count). The van der Waals surface area contributed by atoms with E-state index in [2.05, 4.69) is 10.3 Å². The second kappa shape index (κ2) is 8.38. The third kappa shape index (κ3) is 4.86. The van der Waals surface area contributed by atoms with Crippen LogP contribution in [0.4, 0.5) is 11.5 Å². The van der Waals surface area contributed by atoms with Crippen LogP contribution in [-0.2, 0) is 14.3 Å². The molecule has 0 saturated carbocycles. The topological polar surface area (TPSA) is 74.8 Å². The van der Waals surface area contributed by atoms with E-state index in [0.29, 0.717) is 25.5 Å². The average molecular weight is 360 g/mol. The molecule has 2 aliphatic heterocycles. The highest BCUT2D eigenvalue weighted by atomic mass is 16.5. The molecule has 0 aliphatic carbocycles. The minimum atomic E-state index is -0.183. The lowest BCUT2D eigenvalue weighted by atomic mass is 10.0. The monoisotopic (exact) mass is 360 g/mol. The van der Waals surface area contributed by atoms with Crippen LogP contribution in [0.3, 0.4) is 0 Å². The van der Waals surface area contributed by atoms with Gasteiger partial charge in [-0.05, 0) is 31.4 Å². The number of esters is 1. The van der Waals surface area contributed by atoms with Gasteiger partial charge in [-0.2, -0.15) is 0 Å². The number of hydrogen-bond acceptors (Lipinski definition) is 6. The summed E-state index contributed by atoms with van der Waals surface area (Å²) in [6.07, 6.45) is 5.58. The molecule has 0 unspecified atom stereocenters. The Morgan fingerprint density at radius 2 is 2.19 bits per heavy atom. The van der Waals surface area contributed by atoms with Crippen LogP contribution >= 0.6 is 0 Å². The molecule has 3 heterocycles. The maximum atomic E-state index is 12.5. The maximum absolute atomic E-state index is 12.5. The number of likely N-dealkylation sites (tertiary alicyclic amines) is 1. The molecule has 2 aliphatic rings. The molecule has 1 N–H and O–H groups in total. The van der Waals surface area contributed by atoms with Crippen LogP contribution in [0.5, 0.6) is 0 Å². The molecule has 0 radical (unpaired) electrons. The minimum absolute atomic E-state index is 0.0495. The maximum Gasteiger partial charge on any atom is 0.306 e. The standard InChI is InChI=1S/C19H28N4O3/c1-22(2)17-6-5-16(12-20-17)21-15-4-3-8-23(9-7-15)18(24)10-14-11-19(25)26-13-14/h5-6,12,14-15,21H,3-4,7-11,13H2,1-2H3/t14-,15-/m1/s1. The third-order valence-corrected chi connectivity index (χ3v) is 5.06. The van der Waals surface area contributed by atoms with Crippen molar-refractivity contribution < 1.29 is 14.3 Å². The number of carbonyl (C=O) groups excluding carboxylic acids is 2. The molecule has 0 aromatic carbocycles. The highest BCUT2D eigenvalue weighted by molar-refractivity contribution is 5.78. The Labute approximate surface area is 154 Å². The summed E-state index contributed by atoms with van der Waals surface area (Å²) in [6.45, 7) is 1.93. The lowest BCUT2D eigenvalue weighted by Gasteiger charge is -2.22. The van der Waals surface area contributed by atoms with Crippen molar-refractivity contribution in [1.82, 2.24) is 9.88 Å². The number of rotatable bonds is 5. The molecule has 1 aromatic heterocycles. The fourth-order valence-electron chi connectivity index (χ4n) is 3.53. The molecule has 7 heteroatoms. The van der Waals surface area contributed by atoms with Gasteiger partial charge in [0.15, 0.2) is 0 Å². The van der Waals surface area contributed by atoms with Crippen molar-refractivity contribution in [3.05, 3.63) is 18.3 Å². The molecule has 142 valence electrons. The summed E-state index contributed by atoms with van der Waals surface area (Å²) in [6, 6.07) is 4.39. The van der Waals surface area contributed by atoms with Gasteiger partial charge in [-0.15, -0.1) is 0 Å². The first-order chi connectivity index (χ1) is 12.5. The van der Waals surface area contributed by atoms with Gasteiger partial charge in [0.1, 0.15) is 5.82 Å². The normalized spacial score (nSPS) is 23.3. The van der Waals surface area contributed by atoms with Crippen molar-refractivity contribution in [2.75, 3.05) is 44.0 Å². The predicted molar refractivity (Wildman–Crippen MR) is 100 cm³/mol. The SMILES string of the molecule is CN(C)c1ccc(N[C@@H]2CCCN(C(=O)C[C@H]3COC(=O)C3)CC2)cn1. The number of nitrogens with one attached hydrogen (secondary N) is 1. The Kier molecular flexibility index (Phi) is 5.96. The Bertz CT molecular complexity index is 632. The second-order valence-electron chi connectivity index (χ2n) is 7.41. The lowest BCUT2D eigenvalue weighted by Crippen LogP contribution is -2.34. The first-order valence-electron chi connectivity index (χ1n) is 9.34. The number of carbonyl (C=O) groups is 2. The molecule has 26 heavy (non-hydrogen) atoms. The van der Waals surface area contributed by atoms with Crippen molar-refractivity contribution in [3.63, 3.8) is 0 Å². The fourth-order valence-corrected chi connectivity index (χ4v) is 3.53. The number of ether oxygens (including phenoxy) is 1. The summed E-state index contributed by atoms with van der Waals surface area (Å²) < 4.78 is 4.96. The van der Waals surface area contributed by atoms with Crippen LogP contribution in [0.1, 0.15) is 32.1 Å². The van der Waals surface area contributed by atoms with E-state index in [1.807, 2.05) is 42.2 Å². The summed E-state index contributed by atoms with van der Waals surface area (Å²) in [4.78, 5) is 32.0. The molecule has 1 amide bonds. The van der Waals surface area contributed by atoms with Gasteiger partial charge in [0.05, 0.1) is 24.9 Å². The summed E-state index contributed by atoms with van der Waals surface area (Å²) in [7, 11) is 3.94. The van der Waals surface area contributed by atoms with Crippen LogP contribution in [0, 0.1) is 5.92 Å². The highest BCUT2D eigenvalue weighted by Crippen LogP contribution is 2.22. The van der Waals surface area contributed by atoms with Crippen LogP contribution < -0.4 is 10.2 Å². The molecule has 2 saturated heterocycles.